The van der Waals surface area contributed by atoms with E-state index in [2.05, 4.69) is 4.90 Å². The molecule has 4 atom stereocenters. The van der Waals surface area contributed by atoms with Gasteiger partial charge < -0.3 is 9.84 Å². The van der Waals surface area contributed by atoms with E-state index in [1.165, 1.54) is 5.56 Å². The Morgan fingerprint density at radius 1 is 1.27 bits per heavy atom. The molecule has 2 fully saturated rings. The zero-order valence-electron chi connectivity index (χ0n) is 8.54. The van der Waals surface area contributed by atoms with Gasteiger partial charge in [0.2, 0.25) is 0 Å². The van der Waals surface area contributed by atoms with Gasteiger partial charge in [-0.3, -0.25) is 4.90 Å². The van der Waals surface area contributed by atoms with E-state index < -0.39 is 0 Å². The Balaban J connectivity index is 1.54. The first-order chi connectivity index (χ1) is 7.34. The van der Waals surface area contributed by atoms with Crippen LogP contribution in [-0.2, 0) is 11.3 Å². The van der Waals surface area contributed by atoms with Crippen LogP contribution in [0.1, 0.15) is 5.56 Å². The van der Waals surface area contributed by atoms with Crippen LogP contribution >= 0.6 is 0 Å². The van der Waals surface area contributed by atoms with Crippen molar-refractivity contribution in [1.82, 2.24) is 4.90 Å². The van der Waals surface area contributed by atoms with E-state index in [0.717, 1.165) is 13.1 Å². The number of nitrogens with zero attached hydrogens (tertiary/aromatic N) is 1. The fraction of sp³-hybridized carbons (Fsp3) is 0.500. The van der Waals surface area contributed by atoms with Crippen LogP contribution in [0.5, 0.6) is 0 Å². The summed E-state index contributed by atoms with van der Waals surface area (Å²) < 4.78 is 5.71. The molecule has 2 heterocycles. The van der Waals surface area contributed by atoms with Crippen LogP contribution < -0.4 is 0 Å². The van der Waals surface area contributed by atoms with E-state index in [1.54, 1.807) is 0 Å². The maximum atomic E-state index is 9.81. The van der Waals surface area contributed by atoms with Gasteiger partial charge in [0.15, 0.2) is 0 Å². The van der Waals surface area contributed by atoms with Gasteiger partial charge in [0.1, 0.15) is 0 Å². The Hall–Kier alpha value is -0.900. The minimum atomic E-state index is -0.284. The van der Waals surface area contributed by atoms with Gasteiger partial charge >= 0.3 is 0 Å². The molecule has 0 radical (unpaired) electrons. The average Bonchev–Trinajstić information content (AvgIpc) is 2.98. The number of aliphatic hydroxyl groups is 1. The second kappa shape index (κ2) is 3.59. The number of fused-ring (bicyclic) bond motifs is 1. The van der Waals surface area contributed by atoms with Gasteiger partial charge in [-0.2, -0.15) is 0 Å². The van der Waals surface area contributed by atoms with Gasteiger partial charge in [-0.15, -0.1) is 0 Å². The molecule has 1 N–H and O–H groups in total. The number of hydrogen-bond donors (Lipinski definition) is 1. The molecule has 80 valence electrons. The van der Waals surface area contributed by atoms with Gasteiger partial charge in [-0.1, -0.05) is 30.3 Å². The second-order valence-electron chi connectivity index (χ2n) is 4.35. The quantitative estimate of drug-likeness (QED) is 0.735. The molecule has 0 spiro atoms. The lowest BCUT2D eigenvalue weighted by atomic mass is 10.2. The summed E-state index contributed by atoms with van der Waals surface area (Å²) in [7, 11) is 0. The summed E-state index contributed by atoms with van der Waals surface area (Å²) in [5, 5.41) is 9.81. The maximum absolute atomic E-state index is 9.81. The van der Waals surface area contributed by atoms with Gasteiger partial charge in [0, 0.05) is 13.1 Å². The summed E-state index contributed by atoms with van der Waals surface area (Å²) in [4.78, 5) is 2.25. The minimum Gasteiger partial charge on any atom is -0.389 e. The maximum Gasteiger partial charge on any atom is 0.0981 e. The van der Waals surface area contributed by atoms with Crippen LogP contribution in [0.2, 0.25) is 0 Å². The molecule has 2 aliphatic rings. The fourth-order valence-corrected chi connectivity index (χ4v) is 2.24. The molecule has 0 bridgehead atoms. The molecular weight excluding hydrogens is 190 g/mol. The number of aliphatic hydroxyl groups excluding tert-OH is 1. The summed E-state index contributed by atoms with van der Waals surface area (Å²) >= 11 is 0. The number of piperidine rings is 1. The van der Waals surface area contributed by atoms with Crippen LogP contribution in [0, 0.1) is 0 Å². The third-order valence-electron chi connectivity index (χ3n) is 3.25. The molecule has 2 aliphatic heterocycles. The number of rotatable bonds is 3. The van der Waals surface area contributed by atoms with Gasteiger partial charge in [0.05, 0.1) is 24.9 Å². The van der Waals surface area contributed by atoms with E-state index >= 15 is 0 Å². The van der Waals surface area contributed by atoms with Crippen LogP contribution in [0.3, 0.4) is 0 Å². The molecule has 3 heteroatoms. The molecular formula is C12H15NO2. The van der Waals surface area contributed by atoms with E-state index in [4.69, 9.17) is 4.74 Å². The van der Waals surface area contributed by atoms with Gasteiger partial charge in [-0.05, 0) is 5.56 Å². The van der Waals surface area contributed by atoms with E-state index in [9.17, 15) is 5.11 Å². The predicted octanol–water partition coefficient (Wildman–Crippen LogP) is 0.631. The molecule has 0 aliphatic carbocycles. The second-order valence-corrected chi connectivity index (χ2v) is 4.35. The topological polar surface area (TPSA) is 32.5 Å². The highest BCUT2D eigenvalue weighted by Gasteiger charge is 2.51. The Morgan fingerprint density at radius 2 is 2.07 bits per heavy atom. The molecule has 2 saturated heterocycles. The first-order valence-electron chi connectivity index (χ1n) is 5.42. The summed E-state index contributed by atoms with van der Waals surface area (Å²) in [5.41, 5.74) is 1.17. The lowest BCUT2D eigenvalue weighted by Crippen LogP contribution is -2.31. The van der Waals surface area contributed by atoms with Gasteiger partial charge in [-0.25, -0.2) is 0 Å². The van der Waals surface area contributed by atoms with E-state index in [-0.39, 0.29) is 12.2 Å². The van der Waals surface area contributed by atoms with Crippen molar-refractivity contribution in [3.63, 3.8) is 0 Å². The molecule has 3 nitrogen and oxygen atoms in total. The third-order valence-corrected chi connectivity index (χ3v) is 3.25. The Morgan fingerprint density at radius 3 is 2.73 bits per heavy atom. The third kappa shape index (κ3) is 1.78. The Kier molecular flexibility index (Phi) is 2.24. The highest BCUT2D eigenvalue weighted by molar-refractivity contribution is 5.14. The zero-order chi connectivity index (χ0) is 10.3. The average molecular weight is 205 g/mol. The summed E-state index contributed by atoms with van der Waals surface area (Å²) in [6, 6.07) is 10.5. The van der Waals surface area contributed by atoms with E-state index in [1.807, 2.05) is 30.3 Å². The highest BCUT2D eigenvalue weighted by Crippen LogP contribution is 2.32. The first kappa shape index (κ1) is 9.33. The standard InChI is InChI=1S/C12H15NO2/c14-12-10-6-13(10)7-11(12)15-8-9-4-2-1-3-5-9/h1-5,10-12,14H,6-8H2/t10-,11+,12+,13?/m0/s1. The Labute approximate surface area is 89.3 Å². The van der Waals surface area contributed by atoms with Crippen molar-refractivity contribution < 1.29 is 9.84 Å². The summed E-state index contributed by atoms with van der Waals surface area (Å²) in [6.07, 6.45) is -0.280. The van der Waals surface area contributed by atoms with Crippen LogP contribution in [0.25, 0.3) is 0 Å². The van der Waals surface area contributed by atoms with Crippen molar-refractivity contribution in [1.29, 1.82) is 0 Å². The van der Waals surface area contributed by atoms with E-state index in [0.29, 0.717) is 12.6 Å². The number of benzene rings is 1. The molecule has 0 aromatic heterocycles. The predicted molar refractivity (Wildman–Crippen MR) is 56.4 cm³/mol. The molecule has 3 rings (SSSR count). The van der Waals surface area contributed by atoms with Crippen molar-refractivity contribution in [3.05, 3.63) is 35.9 Å². The molecule has 15 heavy (non-hydrogen) atoms. The van der Waals surface area contributed by atoms with Crippen molar-refractivity contribution >= 4 is 0 Å². The highest BCUT2D eigenvalue weighted by atomic mass is 16.5. The SMILES string of the molecule is O[C@H]1[C@H](OCc2ccccc2)CN2C[C@@H]12. The van der Waals surface area contributed by atoms with Crippen molar-refractivity contribution in [2.24, 2.45) is 0 Å². The van der Waals surface area contributed by atoms with Crippen LogP contribution in [-0.4, -0.2) is 41.3 Å². The number of ether oxygens (including phenoxy) is 1. The summed E-state index contributed by atoms with van der Waals surface area (Å²) in [6.45, 7) is 2.54. The molecule has 0 amide bonds. The van der Waals surface area contributed by atoms with Crippen LogP contribution in [0.4, 0.5) is 0 Å². The molecule has 1 aromatic carbocycles. The lowest BCUT2D eigenvalue weighted by Gasteiger charge is -2.17. The van der Waals surface area contributed by atoms with Crippen molar-refractivity contribution in [2.45, 2.75) is 24.9 Å². The normalized spacial score (nSPS) is 37.7. The van der Waals surface area contributed by atoms with Gasteiger partial charge in [0.25, 0.3) is 0 Å². The summed E-state index contributed by atoms with van der Waals surface area (Å²) in [5.74, 6) is 0. The fourth-order valence-electron chi connectivity index (χ4n) is 2.24. The smallest absolute Gasteiger partial charge is 0.0981 e. The number of hydrogen-bond acceptors (Lipinski definition) is 3. The van der Waals surface area contributed by atoms with Crippen LogP contribution in [0.15, 0.2) is 30.3 Å². The zero-order valence-corrected chi connectivity index (χ0v) is 8.54. The largest absolute Gasteiger partial charge is 0.389 e. The lowest BCUT2D eigenvalue weighted by molar-refractivity contribution is -0.0266. The van der Waals surface area contributed by atoms with Crippen molar-refractivity contribution in [2.75, 3.05) is 13.1 Å². The Bertz CT molecular complexity index is 341. The van der Waals surface area contributed by atoms with Crippen molar-refractivity contribution in [3.8, 4) is 0 Å². The molecule has 0 saturated carbocycles. The molecule has 1 aromatic rings. The minimum absolute atomic E-state index is 0.00366. The first-order valence-corrected chi connectivity index (χ1v) is 5.42. The monoisotopic (exact) mass is 205 g/mol. The molecule has 1 unspecified atom stereocenters.